The molecule has 2 fully saturated rings. The van der Waals surface area contributed by atoms with Gasteiger partial charge in [-0.15, -0.1) is 0 Å². The highest BCUT2D eigenvalue weighted by Gasteiger charge is 2.51. The lowest BCUT2D eigenvalue weighted by atomic mass is 9.65. The largest absolute Gasteiger partial charge is 0.349 e. The smallest absolute Gasteiger partial charge is 0.272 e. The summed E-state index contributed by atoms with van der Waals surface area (Å²) >= 11 is 0. The van der Waals surface area contributed by atoms with Gasteiger partial charge in [-0.2, -0.15) is 5.10 Å². The van der Waals surface area contributed by atoms with E-state index in [4.69, 9.17) is 5.10 Å². The van der Waals surface area contributed by atoms with Crippen LogP contribution in [-0.4, -0.2) is 37.7 Å². The molecule has 31 heavy (non-hydrogen) atoms. The van der Waals surface area contributed by atoms with Crippen molar-refractivity contribution in [1.82, 2.24) is 19.2 Å². The number of carbonyl (C=O) groups is 1. The maximum atomic E-state index is 13.9. The minimum absolute atomic E-state index is 0.00343. The molecule has 2 atom stereocenters. The summed E-state index contributed by atoms with van der Waals surface area (Å²) in [5, 5.41) is 4.76. The molecule has 5 rings (SSSR count). The first-order valence-corrected chi connectivity index (χ1v) is 10.9. The van der Waals surface area contributed by atoms with Crippen LogP contribution in [0.5, 0.6) is 0 Å². The molecule has 2 unspecified atom stereocenters. The molecule has 0 spiro atoms. The Morgan fingerprint density at radius 3 is 2.55 bits per heavy atom. The molecule has 5 nitrogen and oxygen atoms in total. The van der Waals surface area contributed by atoms with Gasteiger partial charge in [0.05, 0.1) is 11.4 Å². The van der Waals surface area contributed by atoms with Crippen molar-refractivity contribution in [2.24, 2.45) is 17.9 Å². The Labute approximate surface area is 182 Å². The Morgan fingerprint density at radius 1 is 1.13 bits per heavy atom. The second-order valence-electron chi connectivity index (χ2n) is 10.5. The average Bonchev–Trinajstić information content (AvgIpc) is 3.36. The van der Waals surface area contributed by atoms with Crippen molar-refractivity contribution in [3.05, 3.63) is 60.2 Å². The van der Waals surface area contributed by atoms with E-state index in [1.165, 1.54) is 12.1 Å². The van der Waals surface area contributed by atoms with Gasteiger partial charge < -0.3 is 9.47 Å². The fraction of sp³-hybridized carbons (Fsp3) is 0.440. The quantitative estimate of drug-likeness (QED) is 0.595. The first-order valence-electron chi connectivity index (χ1n) is 10.9. The predicted molar refractivity (Wildman–Crippen MR) is 118 cm³/mol. The molecule has 1 saturated heterocycles. The van der Waals surface area contributed by atoms with E-state index in [1.807, 2.05) is 36.0 Å². The van der Waals surface area contributed by atoms with Gasteiger partial charge in [0.25, 0.3) is 5.91 Å². The summed E-state index contributed by atoms with van der Waals surface area (Å²) < 4.78 is 17.2. The number of aryl methyl sites for hydroxylation is 1. The van der Waals surface area contributed by atoms with Crippen LogP contribution in [-0.2, 0) is 7.05 Å². The monoisotopic (exact) mass is 420 g/mol. The van der Waals surface area contributed by atoms with E-state index >= 15 is 0 Å². The third-order valence-electron chi connectivity index (χ3n) is 6.88. The molecule has 2 aromatic heterocycles. The van der Waals surface area contributed by atoms with E-state index in [-0.39, 0.29) is 28.6 Å². The van der Waals surface area contributed by atoms with E-state index in [0.29, 0.717) is 11.4 Å². The molecule has 1 aliphatic heterocycles. The molecule has 1 amide bonds. The fourth-order valence-corrected chi connectivity index (χ4v) is 6.01. The molecule has 2 aliphatic rings. The highest BCUT2D eigenvalue weighted by Crippen LogP contribution is 2.52. The van der Waals surface area contributed by atoms with Crippen LogP contribution < -0.4 is 0 Å². The molecule has 162 valence electrons. The number of aromatic nitrogens is 3. The van der Waals surface area contributed by atoms with E-state index in [0.717, 1.165) is 37.2 Å². The van der Waals surface area contributed by atoms with Crippen molar-refractivity contribution < 1.29 is 9.18 Å². The van der Waals surface area contributed by atoms with Gasteiger partial charge in [-0.1, -0.05) is 20.8 Å². The van der Waals surface area contributed by atoms with Crippen LogP contribution in [0.15, 0.2) is 48.7 Å². The van der Waals surface area contributed by atoms with Crippen LogP contribution in [0, 0.1) is 16.6 Å². The molecule has 1 aromatic carbocycles. The SMILES string of the molecule is Cn1cccc1-c1cc(C(=O)N2CC3(C)CC2CC(C)(C)C3)n(-c2ccc(F)cc2)n1. The summed E-state index contributed by atoms with van der Waals surface area (Å²) in [6, 6.07) is 12.2. The van der Waals surface area contributed by atoms with Crippen molar-refractivity contribution in [3.63, 3.8) is 0 Å². The number of rotatable bonds is 3. The molecular formula is C25H29FN4O. The number of carbonyl (C=O) groups excluding carboxylic acids is 1. The zero-order valence-electron chi connectivity index (χ0n) is 18.6. The Bertz CT molecular complexity index is 1140. The standard InChI is InChI=1S/C25H29FN4O/c1-24(2)13-19-14-25(3,15-24)16-29(19)23(31)22-12-20(21-6-5-11-28(21)4)27-30(22)18-9-7-17(26)8-10-18/h5-12,19H,13-16H2,1-4H3. The van der Waals surface area contributed by atoms with Gasteiger partial charge in [0.2, 0.25) is 0 Å². The number of hydrogen-bond acceptors (Lipinski definition) is 2. The Balaban J connectivity index is 1.58. The number of fused-ring (bicyclic) bond motifs is 2. The minimum atomic E-state index is -0.310. The van der Waals surface area contributed by atoms with Gasteiger partial charge >= 0.3 is 0 Å². The zero-order chi connectivity index (χ0) is 22.0. The summed E-state index contributed by atoms with van der Waals surface area (Å²) in [7, 11) is 1.96. The highest BCUT2D eigenvalue weighted by molar-refractivity contribution is 5.95. The summed E-state index contributed by atoms with van der Waals surface area (Å²) in [4.78, 5) is 15.9. The van der Waals surface area contributed by atoms with Crippen LogP contribution in [0.25, 0.3) is 17.1 Å². The number of halogens is 1. The highest BCUT2D eigenvalue weighted by atomic mass is 19.1. The summed E-state index contributed by atoms with van der Waals surface area (Å²) in [6.07, 6.45) is 5.16. The summed E-state index contributed by atoms with van der Waals surface area (Å²) in [5.74, 6) is -0.307. The zero-order valence-corrected chi connectivity index (χ0v) is 18.6. The van der Waals surface area contributed by atoms with Crippen LogP contribution in [0.3, 0.4) is 0 Å². The second kappa shape index (κ2) is 6.81. The molecular weight excluding hydrogens is 391 g/mol. The molecule has 3 heterocycles. The third kappa shape index (κ3) is 3.48. The number of amides is 1. The maximum Gasteiger partial charge on any atom is 0.272 e. The van der Waals surface area contributed by atoms with Gasteiger partial charge in [-0.3, -0.25) is 4.79 Å². The van der Waals surface area contributed by atoms with Crippen LogP contribution in [0.4, 0.5) is 4.39 Å². The maximum absolute atomic E-state index is 13.9. The molecule has 1 aliphatic carbocycles. The minimum Gasteiger partial charge on any atom is -0.349 e. The van der Waals surface area contributed by atoms with Crippen LogP contribution >= 0.6 is 0 Å². The lowest BCUT2D eigenvalue weighted by Gasteiger charge is -2.39. The van der Waals surface area contributed by atoms with Gasteiger partial charge in [-0.05, 0) is 72.6 Å². The van der Waals surface area contributed by atoms with Gasteiger partial charge in [0, 0.05) is 25.8 Å². The predicted octanol–water partition coefficient (Wildman–Crippen LogP) is 5.06. The van der Waals surface area contributed by atoms with Gasteiger partial charge in [-0.25, -0.2) is 9.07 Å². The van der Waals surface area contributed by atoms with E-state index in [9.17, 15) is 9.18 Å². The third-order valence-corrected chi connectivity index (χ3v) is 6.88. The number of hydrogen-bond donors (Lipinski definition) is 0. The van der Waals surface area contributed by atoms with Crippen molar-refractivity contribution >= 4 is 5.91 Å². The molecule has 0 N–H and O–H groups in total. The van der Waals surface area contributed by atoms with Crippen molar-refractivity contribution in [2.75, 3.05) is 6.54 Å². The number of benzene rings is 1. The van der Waals surface area contributed by atoms with Crippen molar-refractivity contribution in [3.8, 4) is 17.1 Å². The normalized spacial score (nSPS) is 24.5. The van der Waals surface area contributed by atoms with Crippen LogP contribution in [0.1, 0.15) is 50.5 Å². The molecule has 3 aromatic rings. The van der Waals surface area contributed by atoms with Crippen molar-refractivity contribution in [1.29, 1.82) is 0 Å². The fourth-order valence-electron chi connectivity index (χ4n) is 6.01. The number of nitrogens with zero attached hydrogens (tertiary/aromatic N) is 4. The van der Waals surface area contributed by atoms with Crippen LogP contribution in [0.2, 0.25) is 0 Å². The van der Waals surface area contributed by atoms with E-state index < -0.39 is 0 Å². The van der Waals surface area contributed by atoms with E-state index in [2.05, 4.69) is 25.7 Å². The molecule has 0 radical (unpaired) electrons. The Hall–Kier alpha value is -2.89. The molecule has 6 heteroatoms. The Morgan fingerprint density at radius 2 is 1.87 bits per heavy atom. The topological polar surface area (TPSA) is 43.1 Å². The second-order valence-corrected chi connectivity index (χ2v) is 10.5. The van der Waals surface area contributed by atoms with Gasteiger partial charge in [0.15, 0.2) is 0 Å². The lowest BCUT2D eigenvalue weighted by molar-refractivity contribution is 0.0699. The summed E-state index contributed by atoms with van der Waals surface area (Å²) in [6.45, 7) is 7.69. The summed E-state index contributed by atoms with van der Waals surface area (Å²) in [5.41, 5.74) is 3.26. The first kappa shape index (κ1) is 20.0. The Kier molecular flexibility index (Phi) is 4.40. The van der Waals surface area contributed by atoms with E-state index in [1.54, 1.807) is 16.8 Å². The average molecular weight is 421 g/mol. The van der Waals surface area contributed by atoms with Crippen molar-refractivity contribution in [2.45, 2.75) is 46.1 Å². The molecule has 2 bridgehead atoms. The molecule has 1 saturated carbocycles. The lowest BCUT2D eigenvalue weighted by Crippen LogP contribution is -2.38. The number of likely N-dealkylation sites (tertiary alicyclic amines) is 1. The first-order chi connectivity index (χ1) is 14.6. The van der Waals surface area contributed by atoms with Gasteiger partial charge in [0.1, 0.15) is 17.2 Å².